The predicted octanol–water partition coefficient (Wildman–Crippen LogP) is 6.40. The van der Waals surface area contributed by atoms with Gasteiger partial charge in [-0.3, -0.25) is 0 Å². The molecule has 4 nitrogen and oxygen atoms in total. The summed E-state index contributed by atoms with van der Waals surface area (Å²) >= 11 is 0. The number of alkyl carbamates (subject to hydrolysis) is 1. The van der Waals surface area contributed by atoms with Crippen molar-refractivity contribution in [3.05, 3.63) is 107 Å². The Labute approximate surface area is 196 Å². The Bertz CT molecular complexity index is 1050. The van der Waals surface area contributed by atoms with Crippen molar-refractivity contribution in [2.45, 2.75) is 44.9 Å². The van der Waals surface area contributed by atoms with E-state index in [1.165, 1.54) is 11.1 Å². The van der Waals surface area contributed by atoms with Gasteiger partial charge < -0.3 is 14.8 Å². The number of ether oxygens (including phenoxy) is 2. The number of rotatable bonds is 8. The third-order valence-corrected chi connectivity index (χ3v) is 5.96. The average molecular weight is 442 g/mol. The van der Waals surface area contributed by atoms with Gasteiger partial charge in [0.2, 0.25) is 0 Å². The SMILES string of the molecule is Cc1ccc(C(=Cc2ccccc2)CO[C@H]2CC[C@H](NC(=O)OCc3ccccc3)C2)cc1. The fourth-order valence-electron chi connectivity index (χ4n) is 4.09. The smallest absolute Gasteiger partial charge is 0.407 e. The highest BCUT2D eigenvalue weighted by Gasteiger charge is 2.27. The van der Waals surface area contributed by atoms with Crippen LogP contribution in [-0.2, 0) is 16.1 Å². The molecule has 0 spiro atoms. The number of hydrogen-bond donors (Lipinski definition) is 1. The van der Waals surface area contributed by atoms with Crippen LogP contribution < -0.4 is 5.32 Å². The molecule has 1 aliphatic rings. The molecule has 1 fully saturated rings. The fraction of sp³-hybridized carbons (Fsp3) is 0.276. The molecule has 1 aliphatic carbocycles. The normalized spacial score (nSPS) is 18.2. The topological polar surface area (TPSA) is 47.6 Å². The molecular weight excluding hydrogens is 410 g/mol. The van der Waals surface area contributed by atoms with Crippen LogP contribution in [0.5, 0.6) is 0 Å². The molecule has 0 bridgehead atoms. The molecule has 3 aromatic rings. The van der Waals surface area contributed by atoms with Crippen LogP contribution in [0.1, 0.15) is 41.5 Å². The van der Waals surface area contributed by atoms with Crippen LogP contribution in [0.3, 0.4) is 0 Å². The first kappa shape index (κ1) is 22.8. The summed E-state index contributed by atoms with van der Waals surface area (Å²) in [5.41, 5.74) is 5.70. The van der Waals surface area contributed by atoms with Crippen molar-refractivity contribution in [3.63, 3.8) is 0 Å². The first-order chi connectivity index (χ1) is 16.2. The van der Waals surface area contributed by atoms with E-state index in [1.807, 2.05) is 48.5 Å². The second kappa shape index (κ2) is 11.5. The molecule has 0 aliphatic heterocycles. The lowest BCUT2D eigenvalue weighted by Gasteiger charge is -2.16. The van der Waals surface area contributed by atoms with Gasteiger partial charge in [0, 0.05) is 6.04 Å². The minimum atomic E-state index is -0.367. The lowest BCUT2D eigenvalue weighted by atomic mass is 10.0. The van der Waals surface area contributed by atoms with E-state index >= 15 is 0 Å². The molecule has 0 heterocycles. The maximum atomic E-state index is 12.2. The van der Waals surface area contributed by atoms with Crippen molar-refractivity contribution >= 4 is 17.7 Å². The van der Waals surface area contributed by atoms with Crippen LogP contribution in [0.25, 0.3) is 11.6 Å². The number of hydrogen-bond acceptors (Lipinski definition) is 3. The minimum absolute atomic E-state index is 0.0826. The average Bonchev–Trinajstić information content (AvgIpc) is 3.29. The van der Waals surface area contributed by atoms with Gasteiger partial charge in [-0.2, -0.15) is 0 Å². The van der Waals surface area contributed by atoms with E-state index in [1.54, 1.807) is 0 Å². The van der Waals surface area contributed by atoms with Crippen molar-refractivity contribution in [1.82, 2.24) is 5.32 Å². The van der Waals surface area contributed by atoms with Crippen LogP contribution in [-0.4, -0.2) is 24.8 Å². The molecule has 1 saturated carbocycles. The molecule has 0 radical (unpaired) electrons. The summed E-state index contributed by atoms with van der Waals surface area (Å²) in [4.78, 5) is 12.2. The summed E-state index contributed by atoms with van der Waals surface area (Å²) in [6, 6.07) is 28.7. The van der Waals surface area contributed by atoms with E-state index in [2.05, 4.69) is 54.7 Å². The summed E-state index contributed by atoms with van der Waals surface area (Å²) < 4.78 is 11.7. The molecule has 2 atom stereocenters. The van der Waals surface area contributed by atoms with Crippen molar-refractivity contribution in [3.8, 4) is 0 Å². The Kier molecular flexibility index (Phi) is 7.94. The van der Waals surface area contributed by atoms with E-state index in [0.717, 1.165) is 36.0 Å². The highest BCUT2D eigenvalue weighted by Crippen LogP contribution is 2.26. The van der Waals surface area contributed by atoms with Gasteiger partial charge in [0.1, 0.15) is 6.61 Å². The van der Waals surface area contributed by atoms with Gasteiger partial charge in [0.15, 0.2) is 0 Å². The zero-order chi connectivity index (χ0) is 22.9. The monoisotopic (exact) mass is 441 g/mol. The van der Waals surface area contributed by atoms with E-state index in [9.17, 15) is 4.79 Å². The fourth-order valence-corrected chi connectivity index (χ4v) is 4.09. The summed E-state index contributed by atoms with van der Waals surface area (Å²) in [5.74, 6) is 0. The molecular formula is C29H31NO3. The van der Waals surface area contributed by atoms with Gasteiger partial charge in [-0.25, -0.2) is 4.79 Å². The lowest BCUT2D eigenvalue weighted by Crippen LogP contribution is -2.33. The third-order valence-electron chi connectivity index (χ3n) is 5.96. The summed E-state index contributed by atoms with van der Waals surface area (Å²) in [6.45, 7) is 2.91. The summed E-state index contributed by atoms with van der Waals surface area (Å²) in [6.07, 6.45) is 4.56. The standard InChI is InChI=1S/C29H31NO3/c1-22-12-14-25(15-13-22)26(18-23-8-4-2-5-9-23)21-32-28-17-16-27(19-28)30-29(31)33-20-24-10-6-3-7-11-24/h2-15,18,27-28H,16-17,19-21H2,1H3,(H,30,31)/t27-,28-/m0/s1. The predicted molar refractivity (Wildman–Crippen MR) is 133 cm³/mol. The van der Waals surface area contributed by atoms with Crippen LogP contribution in [0.15, 0.2) is 84.9 Å². The van der Waals surface area contributed by atoms with Crippen LogP contribution in [0, 0.1) is 6.92 Å². The third kappa shape index (κ3) is 7.06. The molecule has 33 heavy (non-hydrogen) atoms. The first-order valence-corrected chi connectivity index (χ1v) is 11.6. The Morgan fingerprint density at radius 1 is 0.939 bits per heavy atom. The zero-order valence-corrected chi connectivity index (χ0v) is 19.1. The molecule has 1 amide bonds. The Balaban J connectivity index is 1.30. The quantitative estimate of drug-likeness (QED) is 0.412. The van der Waals surface area contributed by atoms with Crippen molar-refractivity contribution < 1.29 is 14.3 Å². The highest BCUT2D eigenvalue weighted by molar-refractivity contribution is 5.82. The molecule has 0 aromatic heterocycles. The van der Waals surface area contributed by atoms with Crippen LogP contribution in [0.4, 0.5) is 4.79 Å². The minimum Gasteiger partial charge on any atom is -0.445 e. The van der Waals surface area contributed by atoms with E-state index in [4.69, 9.17) is 9.47 Å². The molecule has 0 saturated heterocycles. The molecule has 1 N–H and O–H groups in total. The molecule has 0 unspecified atom stereocenters. The van der Waals surface area contributed by atoms with E-state index < -0.39 is 0 Å². The van der Waals surface area contributed by atoms with Gasteiger partial charge in [0.05, 0.1) is 12.7 Å². The van der Waals surface area contributed by atoms with Gasteiger partial charge in [-0.05, 0) is 54.5 Å². The largest absolute Gasteiger partial charge is 0.445 e. The summed E-state index contributed by atoms with van der Waals surface area (Å²) in [7, 11) is 0. The number of nitrogens with one attached hydrogen (secondary N) is 1. The number of aryl methyl sites for hydroxylation is 1. The zero-order valence-electron chi connectivity index (χ0n) is 19.1. The second-order valence-electron chi connectivity index (χ2n) is 8.60. The summed E-state index contributed by atoms with van der Waals surface area (Å²) in [5, 5.41) is 2.99. The molecule has 4 rings (SSSR count). The van der Waals surface area contributed by atoms with Crippen molar-refractivity contribution in [2.24, 2.45) is 0 Å². The molecule has 3 aromatic carbocycles. The number of carbonyl (C=O) groups is 1. The van der Waals surface area contributed by atoms with Gasteiger partial charge in [-0.15, -0.1) is 0 Å². The first-order valence-electron chi connectivity index (χ1n) is 11.6. The Hall–Kier alpha value is -3.37. The van der Waals surface area contributed by atoms with Crippen molar-refractivity contribution in [2.75, 3.05) is 6.61 Å². The molecule has 170 valence electrons. The van der Waals surface area contributed by atoms with Gasteiger partial charge in [-0.1, -0.05) is 90.5 Å². The lowest BCUT2D eigenvalue weighted by molar-refractivity contribution is 0.0814. The van der Waals surface area contributed by atoms with Gasteiger partial charge >= 0.3 is 6.09 Å². The maximum Gasteiger partial charge on any atom is 0.407 e. The van der Waals surface area contributed by atoms with E-state index in [-0.39, 0.29) is 24.8 Å². The highest BCUT2D eigenvalue weighted by atomic mass is 16.5. The Morgan fingerprint density at radius 2 is 1.64 bits per heavy atom. The van der Waals surface area contributed by atoms with Gasteiger partial charge in [0.25, 0.3) is 0 Å². The number of amides is 1. The molecule has 4 heteroatoms. The maximum absolute atomic E-state index is 12.2. The number of carbonyl (C=O) groups excluding carboxylic acids is 1. The second-order valence-corrected chi connectivity index (χ2v) is 8.60. The Morgan fingerprint density at radius 3 is 2.36 bits per heavy atom. The van der Waals surface area contributed by atoms with Crippen molar-refractivity contribution in [1.29, 1.82) is 0 Å². The van der Waals surface area contributed by atoms with E-state index in [0.29, 0.717) is 6.61 Å². The number of benzene rings is 3. The van der Waals surface area contributed by atoms with Crippen LogP contribution in [0.2, 0.25) is 0 Å². The van der Waals surface area contributed by atoms with Crippen LogP contribution >= 0.6 is 0 Å².